The van der Waals surface area contributed by atoms with Crippen LogP contribution in [0, 0.1) is 0 Å². The Hall–Kier alpha value is -0.800. The first-order valence-electron chi connectivity index (χ1n) is 14.0. The van der Waals surface area contributed by atoms with Crippen LogP contribution < -0.4 is 34.4 Å². The van der Waals surface area contributed by atoms with E-state index in [4.69, 9.17) is 62.8 Å². The highest BCUT2D eigenvalue weighted by molar-refractivity contribution is 5.06. The Labute approximate surface area is 246 Å². The Morgan fingerprint density at radius 3 is 1.35 bits per heavy atom. The standard InChI is InChI=1S/C23H46N6O14/c24-1-4-11(31)14(34)9(28)21(38-4)41-18-6(3-30)40-23(17(18)37)43-20-16(36)7(26)13(33)8(27)19(20)42-22-10(29)15(35)12(32)5(2-25)39-22/h4-23,30-37H,1-3,24-29H2/t4-,5-,6-,7-,8+,9-,10-,11-,12+,13+,14+,15-,16-,17-,18-,19+,20+,21+,22-,23+/m0/s1. The zero-order valence-corrected chi connectivity index (χ0v) is 23.2. The highest BCUT2D eigenvalue weighted by Crippen LogP contribution is 2.34. The van der Waals surface area contributed by atoms with Crippen molar-refractivity contribution in [1.82, 2.24) is 0 Å². The smallest absolute Gasteiger partial charge is 0.187 e. The lowest BCUT2D eigenvalue weighted by molar-refractivity contribution is -0.312. The lowest BCUT2D eigenvalue weighted by Crippen LogP contribution is -2.72. The fraction of sp³-hybridized carbons (Fsp3) is 1.00. The van der Waals surface area contributed by atoms with E-state index in [-0.39, 0.29) is 13.1 Å². The second-order valence-electron chi connectivity index (χ2n) is 11.3. The molecule has 0 radical (unpaired) electrons. The molecule has 20 N–H and O–H groups in total. The van der Waals surface area contributed by atoms with Crippen LogP contribution in [-0.4, -0.2) is 183 Å². The van der Waals surface area contributed by atoms with Crippen LogP contribution in [0.25, 0.3) is 0 Å². The van der Waals surface area contributed by atoms with Crippen LogP contribution in [0.1, 0.15) is 0 Å². The summed E-state index contributed by atoms with van der Waals surface area (Å²) in [5.74, 6) is 0. The van der Waals surface area contributed by atoms with Crippen LogP contribution in [0.2, 0.25) is 0 Å². The molecule has 4 aliphatic rings. The van der Waals surface area contributed by atoms with Gasteiger partial charge in [0.2, 0.25) is 0 Å². The van der Waals surface area contributed by atoms with Gasteiger partial charge < -0.3 is 104 Å². The molecule has 4 rings (SSSR count). The van der Waals surface area contributed by atoms with Crippen molar-refractivity contribution < 1.29 is 69.3 Å². The Morgan fingerprint density at radius 2 is 0.884 bits per heavy atom. The summed E-state index contributed by atoms with van der Waals surface area (Å²) in [6, 6.07) is -5.26. The molecule has 1 saturated carbocycles. The summed E-state index contributed by atoms with van der Waals surface area (Å²) in [7, 11) is 0. The van der Waals surface area contributed by atoms with Gasteiger partial charge >= 0.3 is 0 Å². The molecule has 4 fully saturated rings. The van der Waals surface area contributed by atoms with E-state index < -0.39 is 129 Å². The van der Waals surface area contributed by atoms with E-state index >= 15 is 0 Å². The van der Waals surface area contributed by atoms with Gasteiger partial charge in [-0.1, -0.05) is 0 Å². The van der Waals surface area contributed by atoms with Gasteiger partial charge in [0.05, 0.1) is 36.9 Å². The third kappa shape index (κ3) is 6.70. The van der Waals surface area contributed by atoms with Gasteiger partial charge in [-0.25, -0.2) is 0 Å². The molecular weight excluding hydrogens is 584 g/mol. The molecule has 3 saturated heterocycles. The summed E-state index contributed by atoms with van der Waals surface area (Å²) in [5, 5.41) is 83.6. The molecule has 252 valence electrons. The quantitative estimate of drug-likeness (QED) is 0.112. The molecule has 0 amide bonds. The van der Waals surface area contributed by atoms with E-state index in [1.54, 1.807) is 0 Å². The minimum atomic E-state index is -1.67. The third-order valence-corrected chi connectivity index (χ3v) is 8.53. The van der Waals surface area contributed by atoms with Gasteiger partial charge in [-0.15, -0.1) is 0 Å². The van der Waals surface area contributed by atoms with Crippen molar-refractivity contribution in [3.05, 3.63) is 0 Å². The molecule has 0 aromatic heterocycles. The Balaban J connectivity index is 1.52. The van der Waals surface area contributed by atoms with E-state index in [0.717, 1.165) is 0 Å². The molecule has 0 unspecified atom stereocenters. The molecule has 20 nitrogen and oxygen atoms in total. The average Bonchev–Trinajstić information content (AvgIpc) is 3.29. The molecule has 1 aliphatic carbocycles. The van der Waals surface area contributed by atoms with Crippen molar-refractivity contribution in [2.24, 2.45) is 34.4 Å². The lowest BCUT2D eigenvalue weighted by atomic mass is 9.82. The number of rotatable bonds is 9. The molecule has 20 atom stereocenters. The van der Waals surface area contributed by atoms with Crippen LogP contribution in [0.15, 0.2) is 0 Å². The fourth-order valence-corrected chi connectivity index (χ4v) is 5.75. The first kappa shape index (κ1) is 35.1. The molecule has 0 aromatic carbocycles. The molecule has 20 heteroatoms. The summed E-state index contributed by atoms with van der Waals surface area (Å²) in [6.45, 7) is -1.08. The van der Waals surface area contributed by atoms with E-state index in [1.807, 2.05) is 0 Å². The number of nitrogens with two attached hydrogens (primary N) is 6. The number of hydrogen-bond donors (Lipinski definition) is 14. The second kappa shape index (κ2) is 14.3. The maximum atomic E-state index is 11.1. The van der Waals surface area contributed by atoms with Crippen LogP contribution in [0.5, 0.6) is 0 Å². The van der Waals surface area contributed by atoms with Crippen molar-refractivity contribution in [2.75, 3.05) is 19.7 Å². The SMILES string of the molecule is NC[C@@H]1O[C@H](O[C@@H]2[C@H](O)[C@@H](O[C@@H]3[C@@H](O)[C@@H](N)[C@@H](O)[C@@H](N)[C@H]3O[C@@H]3O[C@@H](CN)[C@@H](O)[C@@H](O)[C@@H]3N)O[C@H]2CO)[C@@H](N)[C@@H](O)[C@H]1O. The van der Waals surface area contributed by atoms with Gasteiger partial charge in [0.15, 0.2) is 18.9 Å². The highest BCUT2D eigenvalue weighted by Gasteiger charge is 2.56. The van der Waals surface area contributed by atoms with E-state index in [9.17, 15) is 40.9 Å². The molecule has 0 aromatic rings. The van der Waals surface area contributed by atoms with E-state index in [2.05, 4.69) is 0 Å². The maximum absolute atomic E-state index is 11.1. The maximum Gasteiger partial charge on any atom is 0.187 e. The highest BCUT2D eigenvalue weighted by atomic mass is 16.8. The minimum Gasteiger partial charge on any atom is -0.394 e. The minimum absolute atomic E-state index is 0.187. The van der Waals surface area contributed by atoms with E-state index in [0.29, 0.717) is 0 Å². The number of aliphatic hydroxyl groups is 8. The summed E-state index contributed by atoms with van der Waals surface area (Å²) < 4.78 is 34.4. The molecular formula is C23H46N6O14. The van der Waals surface area contributed by atoms with Crippen LogP contribution in [-0.2, 0) is 28.4 Å². The largest absolute Gasteiger partial charge is 0.394 e. The van der Waals surface area contributed by atoms with Crippen LogP contribution in [0.3, 0.4) is 0 Å². The second-order valence-corrected chi connectivity index (χ2v) is 11.3. The number of hydrogen-bond acceptors (Lipinski definition) is 20. The summed E-state index contributed by atoms with van der Waals surface area (Å²) in [5.41, 5.74) is 35.4. The number of ether oxygens (including phenoxy) is 6. The Morgan fingerprint density at radius 1 is 0.442 bits per heavy atom. The Kier molecular flexibility index (Phi) is 11.7. The van der Waals surface area contributed by atoms with Gasteiger partial charge in [0.25, 0.3) is 0 Å². The molecule has 43 heavy (non-hydrogen) atoms. The molecule has 0 spiro atoms. The first-order valence-corrected chi connectivity index (χ1v) is 14.0. The van der Waals surface area contributed by atoms with Crippen molar-refractivity contribution in [3.63, 3.8) is 0 Å². The Bertz CT molecular complexity index is 899. The van der Waals surface area contributed by atoms with Gasteiger partial charge in [-0.3, -0.25) is 0 Å². The van der Waals surface area contributed by atoms with Crippen LogP contribution in [0.4, 0.5) is 0 Å². The zero-order chi connectivity index (χ0) is 31.9. The molecule has 3 aliphatic heterocycles. The van der Waals surface area contributed by atoms with Crippen molar-refractivity contribution in [2.45, 2.75) is 122 Å². The van der Waals surface area contributed by atoms with Crippen molar-refractivity contribution in [3.8, 4) is 0 Å². The third-order valence-electron chi connectivity index (χ3n) is 8.53. The number of aliphatic hydroxyl groups excluding tert-OH is 8. The van der Waals surface area contributed by atoms with E-state index in [1.165, 1.54) is 0 Å². The average molecular weight is 631 g/mol. The predicted molar refractivity (Wildman–Crippen MR) is 140 cm³/mol. The first-order chi connectivity index (χ1) is 20.3. The summed E-state index contributed by atoms with van der Waals surface area (Å²) in [6.07, 6.45) is -22.8. The van der Waals surface area contributed by atoms with Gasteiger partial charge in [-0.2, -0.15) is 0 Å². The lowest BCUT2D eigenvalue weighted by Gasteiger charge is -2.48. The van der Waals surface area contributed by atoms with Crippen molar-refractivity contribution in [1.29, 1.82) is 0 Å². The topological polar surface area (TPSA) is 373 Å². The summed E-state index contributed by atoms with van der Waals surface area (Å²) in [4.78, 5) is 0. The summed E-state index contributed by atoms with van der Waals surface area (Å²) >= 11 is 0. The van der Waals surface area contributed by atoms with Gasteiger partial charge in [0, 0.05) is 13.1 Å². The van der Waals surface area contributed by atoms with Crippen molar-refractivity contribution >= 4 is 0 Å². The predicted octanol–water partition coefficient (Wildman–Crippen LogP) is -9.92. The van der Waals surface area contributed by atoms with Gasteiger partial charge in [0.1, 0.15) is 73.2 Å². The van der Waals surface area contributed by atoms with Gasteiger partial charge in [-0.05, 0) is 0 Å². The molecule has 3 heterocycles. The fourth-order valence-electron chi connectivity index (χ4n) is 5.75. The molecule has 0 bridgehead atoms. The van der Waals surface area contributed by atoms with Crippen LogP contribution >= 0.6 is 0 Å². The zero-order valence-electron chi connectivity index (χ0n) is 23.2. The monoisotopic (exact) mass is 630 g/mol. The normalized spacial score (nSPS) is 54.6.